The van der Waals surface area contributed by atoms with E-state index in [9.17, 15) is 41.9 Å². The van der Waals surface area contributed by atoms with Crippen molar-refractivity contribution in [3.63, 3.8) is 0 Å². The number of hydrogen-bond donors (Lipinski definition) is 5. The average Bonchev–Trinajstić information content (AvgIpc) is 3.96. The number of amides is 5. The van der Waals surface area contributed by atoms with E-state index < -0.39 is 49.1 Å². The second-order valence-electron chi connectivity index (χ2n) is 13.6. The van der Waals surface area contributed by atoms with Crippen molar-refractivity contribution in [1.29, 1.82) is 0 Å². The molecule has 2 unspecified atom stereocenters. The van der Waals surface area contributed by atoms with Gasteiger partial charge in [-0.3, -0.25) is 38.1 Å². The van der Waals surface area contributed by atoms with Crippen LogP contribution in [0.15, 0.2) is 36.4 Å². The van der Waals surface area contributed by atoms with E-state index in [2.05, 4.69) is 56.6 Å². The van der Waals surface area contributed by atoms with Crippen molar-refractivity contribution in [2.45, 2.75) is 97.4 Å². The molecule has 2 aromatic carbocycles. The number of ether oxygens (including phenoxy) is 2. The van der Waals surface area contributed by atoms with E-state index in [1.807, 2.05) is 20.8 Å². The highest BCUT2D eigenvalue weighted by molar-refractivity contribution is 6.38. The van der Waals surface area contributed by atoms with Crippen LogP contribution < -0.4 is 36.0 Å². The lowest BCUT2D eigenvalue weighted by Gasteiger charge is -2.22. The number of alkyl halides is 3. The molecule has 3 heterocycles. The van der Waals surface area contributed by atoms with E-state index in [1.165, 1.54) is 37.8 Å². The zero-order chi connectivity index (χ0) is 47.3. The Kier molecular flexibility index (Phi) is 28.6. The standard InChI is InChI=1S/C18H21F2N3O6.C14H20BN3O.C5H9NO.C2H4O.C2H6.CH3F/c1-28-13-4-3-11(5-14(13)29-2)7-22-17(27)16(26)12-6-18(19,20)9-23(12)15(25)8-21-10-24;1-18-9-12-4-2-3-11(13(12)10-18)5-6-14(19)16-7-8-17-15;1-4-2-3-5(7)6-4;1-2-3;2*1-2/h3-5,10,12H,6-9H2,1-2H3,(H,21,24)(H,22,27);2-4,17H,5-10H2,1H3,(H,16,19);4H,2-3H2,1H3,(H,6,7);2H,1H3;1-2H3;1H3. The zero-order valence-electron chi connectivity index (χ0n) is 37.0. The summed E-state index contributed by atoms with van der Waals surface area (Å²) in [6.45, 7) is 9.03. The second-order valence-corrected chi connectivity index (χ2v) is 13.6. The summed E-state index contributed by atoms with van der Waals surface area (Å²) in [5, 5.41) is 12.5. The molecule has 2 fully saturated rings. The van der Waals surface area contributed by atoms with E-state index in [4.69, 9.17) is 22.2 Å². The van der Waals surface area contributed by atoms with Gasteiger partial charge in [0.1, 0.15) is 12.3 Å². The van der Waals surface area contributed by atoms with Gasteiger partial charge in [-0.1, -0.05) is 38.1 Å². The lowest BCUT2D eigenvalue weighted by atomic mass is 9.99. The fourth-order valence-corrected chi connectivity index (χ4v) is 6.22. The monoisotopic (exact) mass is 877 g/mol. The van der Waals surface area contributed by atoms with Gasteiger partial charge in [0.05, 0.1) is 34.5 Å². The maximum absolute atomic E-state index is 13.8. The topological polar surface area (TPSA) is 205 Å². The number of rotatable bonds is 15. The molecule has 0 saturated carbocycles. The highest BCUT2D eigenvalue weighted by Gasteiger charge is 2.51. The number of benzene rings is 2. The summed E-state index contributed by atoms with van der Waals surface area (Å²) in [5.41, 5.74) is 4.69. The normalized spacial score (nSPS) is 16.4. The smallest absolute Gasteiger partial charge is 0.289 e. The molecule has 344 valence electrons. The zero-order valence-corrected chi connectivity index (χ0v) is 37.0. The first-order chi connectivity index (χ1) is 29.6. The molecular weight excluding hydrogens is 814 g/mol. The summed E-state index contributed by atoms with van der Waals surface area (Å²) in [6.07, 6.45) is 3.10. The minimum absolute atomic E-state index is 0.0608. The number of ketones is 1. The second kappa shape index (κ2) is 31.4. The van der Waals surface area contributed by atoms with E-state index in [1.54, 1.807) is 18.2 Å². The minimum Gasteiger partial charge on any atom is -0.493 e. The van der Waals surface area contributed by atoms with Crippen LogP contribution in [0.25, 0.3) is 0 Å². The third-order valence-corrected chi connectivity index (χ3v) is 9.02. The third kappa shape index (κ3) is 20.4. The number of carbonyl (C=O) groups is 7. The number of nitrogens with one attached hydrogen (secondary N) is 5. The summed E-state index contributed by atoms with van der Waals surface area (Å²) in [6, 6.07) is 10.1. The Hall–Kier alpha value is -5.50. The lowest BCUT2D eigenvalue weighted by molar-refractivity contribution is -0.144. The summed E-state index contributed by atoms with van der Waals surface area (Å²) in [4.78, 5) is 80.6. The van der Waals surface area contributed by atoms with Gasteiger partial charge in [0, 0.05) is 58.0 Å². The SMILES string of the molecule is CC.CC1CCC(=O)N1.CC=O.CF.COc1ccc(CNC(=O)C(=O)C2CC(F)(F)CN2C(=O)CNC=O)cc1OC.[B]NCCNC(=O)CCc1cccc2c1CN(C)C2. The van der Waals surface area contributed by atoms with Crippen LogP contribution in [0.3, 0.4) is 0 Å². The van der Waals surface area contributed by atoms with Gasteiger partial charge in [-0.2, -0.15) is 0 Å². The fraction of sp³-hybridized carbons (Fsp3) is 0.548. The molecule has 0 bridgehead atoms. The number of carbonyl (C=O) groups excluding carboxylic acids is 7. The molecule has 62 heavy (non-hydrogen) atoms. The maximum atomic E-state index is 13.8. The molecule has 0 spiro atoms. The third-order valence-electron chi connectivity index (χ3n) is 9.02. The summed E-state index contributed by atoms with van der Waals surface area (Å²) < 4.78 is 47.3. The maximum Gasteiger partial charge on any atom is 0.289 e. The molecule has 5 amide bonds. The molecule has 2 radical (unpaired) electrons. The predicted octanol–water partition coefficient (Wildman–Crippen LogP) is 2.33. The molecule has 5 N–H and O–H groups in total. The first-order valence-corrected chi connectivity index (χ1v) is 20.1. The lowest BCUT2D eigenvalue weighted by Crippen LogP contribution is -2.48. The largest absolute Gasteiger partial charge is 0.493 e. The van der Waals surface area contributed by atoms with Crippen molar-refractivity contribution in [3.8, 4) is 11.5 Å². The Morgan fingerprint density at radius 3 is 2.21 bits per heavy atom. The van der Waals surface area contributed by atoms with Crippen molar-refractivity contribution in [2.75, 3.05) is 54.6 Å². The molecule has 3 aliphatic heterocycles. The number of aldehydes is 1. The molecule has 2 atom stereocenters. The highest BCUT2D eigenvalue weighted by Crippen LogP contribution is 2.33. The molecular formula is C42H63BF3N7O9. The van der Waals surface area contributed by atoms with Crippen LogP contribution in [0, 0.1) is 0 Å². The van der Waals surface area contributed by atoms with Gasteiger partial charge in [0.15, 0.2) is 19.5 Å². The van der Waals surface area contributed by atoms with E-state index in [-0.39, 0.29) is 24.8 Å². The van der Waals surface area contributed by atoms with E-state index >= 15 is 0 Å². The number of fused-ring (bicyclic) bond motifs is 1. The minimum atomic E-state index is -3.30. The Morgan fingerprint density at radius 2 is 1.66 bits per heavy atom. The van der Waals surface area contributed by atoms with Crippen molar-refractivity contribution in [2.24, 2.45) is 0 Å². The van der Waals surface area contributed by atoms with Gasteiger partial charge < -0.3 is 45.7 Å². The first-order valence-electron chi connectivity index (χ1n) is 20.1. The number of halogens is 3. The van der Waals surface area contributed by atoms with Crippen molar-refractivity contribution >= 4 is 50.1 Å². The van der Waals surface area contributed by atoms with Crippen molar-refractivity contribution in [1.82, 2.24) is 36.3 Å². The van der Waals surface area contributed by atoms with Crippen molar-refractivity contribution < 1.29 is 56.2 Å². The van der Waals surface area contributed by atoms with E-state index in [0.717, 1.165) is 38.6 Å². The Morgan fingerprint density at radius 1 is 1.00 bits per heavy atom. The Bertz CT molecular complexity index is 1730. The molecule has 20 heteroatoms. The molecule has 0 aliphatic carbocycles. The fourth-order valence-electron chi connectivity index (χ4n) is 6.22. The quantitative estimate of drug-likeness (QED) is 0.0761. The first kappa shape index (κ1) is 56.5. The number of aryl methyl sites for hydroxylation is 1. The van der Waals surface area contributed by atoms with Crippen LogP contribution in [0.4, 0.5) is 13.2 Å². The average molecular weight is 878 g/mol. The molecule has 16 nitrogen and oxygen atoms in total. The molecule has 2 aromatic rings. The van der Waals surface area contributed by atoms with Crippen LogP contribution in [0.5, 0.6) is 11.5 Å². The van der Waals surface area contributed by atoms with Crippen LogP contribution in [-0.2, 0) is 59.6 Å². The number of Topliss-reactive ketones (excluding diaryl/α,β-unsaturated/α-hetero) is 1. The number of likely N-dealkylation sites (tertiary alicyclic amines) is 1. The molecule has 0 aromatic heterocycles. The Labute approximate surface area is 364 Å². The van der Waals surface area contributed by atoms with Gasteiger partial charge in [-0.25, -0.2) is 8.78 Å². The van der Waals surface area contributed by atoms with Crippen LogP contribution in [0.1, 0.15) is 75.6 Å². The van der Waals surface area contributed by atoms with Gasteiger partial charge in [0.25, 0.3) is 11.8 Å². The highest BCUT2D eigenvalue weighted by atomic mass is 19.3. The molecule has 3 aliphatic rings. The number of methoxy groups -OCH3 is 2. The van der Waals surface area contributed by atoms with Crippen LogP contribution >= 0.6 is 0 Å². The summed E-state index contributed by atoms with van der Waals surface area (Å²) in [7, 11) is 10.7. The van der Waals surface area contributed by atoms with E-state index in [0.29, 0.717) is 54.7 Å². The molecule has 2 saturated heterocycles. The van der Waals surface area contributed by atoms with Crippen molar-refractivity contribution in [3.05, 3.63) is 58.7 Å². The summed E-state index contributed by atoms with van der Waals surface area (Å²) in [5.74, 6) is -5.25. The molecule has 5 rings (SSSR count). The Balaban J connectivity index is 0.000000957. The van der Waals surface area contributed by atoms with Crippen LogP contribution in [-0.4, -0.2) is 133 Å². The number of nitrogens with zero attached hydrogens (tertiary/aromatic N) is 2. The summed E-state index contributed by atoms with van der Waals surface area (Å²) >= 11 is 0. The van der Waals surface area contributed by atoms with Gasteiger partial charge in [-0.05, 0) is 68.1 Å². The number of hydrogen-bond acceptors (Lipinski definition) is 11. The van der Waals surface area contributed by atoms with Gasteiger partial charge in [-0.15, -0.1) is 0 Å². The predicted molar refractivity (Wildman–Crippen MR) is 229 cm³/mol. The van der Waals surface area contributed by atoms with Crippen LogP contribution in [0.2, 0.25) is 0 Å². The van der Waals surface area contributed by atoms with Gasteiger partial charge in [0.2, 0.25) is 29.9 Å². The van der Waals surface area contributed by atoms with Gasteiger partial charge >= 0.3 is 0 Å².